The van der Waals surface area contributed by atoms with E-state index < -0.39 is 5.97 Å². The summed E-state index contributed by atoms with van der Waals surface area (Å²) in [5.74, 6) is -0.419. The Balaban J connectivity index is 1.18. The molecule has 0 saturated carbocycles. The average molecular weight is 590 g/mol. The fraction of sp³-hybridized carbons (Fsp3) is 0.100. The first-order valence-corrected chi connectivity index (χ1v) is 15.2. The van der Waals surface area contributed by atoms with Gasteiger partial charge < -0.3 is 14.5 Å². The molecule has 5 nitrogen and oxygen atoms in total. The number of benzene rings is 4. The van der Waals surface area contributed by atoms with Crippen LogP contribution in [0, 0.1) is 0 Å². The van der Waals surface area contributed by atoms with E-state index >= 15 is 0 Å². The van der Waals surface area contributed by atoms with Crippen LogP contribution in [0.15, 0.2) is 175 Å². The second kappa shape index (κ2) is 14.2. The summed E-state index contributed by atoms with van der Waals surface area (Å²) in [6.07, 6.45) is 19.0. The van der Waals surface area contributed by atoms with Gasteiger partial charge in [-0.3, -0.25) is 4.99 Å². The van der Waals surface area contributed by atoms with Gasteiger partial charge in [-0.15, -0.1) is 0 Å². The molecule has 2 aliphatic carbocycles. The van der Waals surface area contributed by atoms with Crippen LogP contribution < -0.4 is 9.80 Å². The van der Waals surface area contributed by atoms with Crippen LogP contribution in [0.2, 0.25) is 0 Å². The van der Waals surface area contributed by atoms with Gasteiger partial charge in [0.1, 0.15) is 6.10 Å². The Morgan fingerprint density at radius 1 is 0.756 bits per heavy atom. The fourth-order valence-corrected chi connectivity index (χ4v) is 5.50. The number of para-hydroxylation sites is 2. The molecule has 0 aromatic heterocycles. The molecule has 4 aromatic rings. The summed E-state index contributed by atoms with van der Waals surface area (Å²) in [4.78, 5) is 21.0. The summed E-state index contributed by atoms with van der Waals surface area (Å²) in [7, 11) is 0. The number of nitrogens with zero attached hydrogens (tertiary/aromatic N) is 3. The van der Waals surface area contributed by atoms with Crippen LogP contribution >= 0.6 is 0 Å². The van der Waals surface area contributed by atoms with Gasteiger partial charge in [0.25, 0.3) is 0 Å². The van der Waals surface area contributed by atoms with Gasteiger partial charge in [0.15, 0.2) is 0 Å². The minimum Gasteiger partial charge on any atom is -0.455 e. The molecule has 0 heterocycles. The van der Waals surface area contributed by atoms with Crippen molar-refractivity contribution in [2.24, 2.45) is 4.99 Å². The topological polar surface area (TPSA) is 45.1 Å². The molecule has 0 N–H and O–H groups in total. The SMILES string of the molecule is C=CC(=O)OC1C=CC(N(c2ccccc2)c2ccc(N=Cc3ccc(N(c4ccccc4)C4C=CC=CC4)cc3)cc2)=CC1. The third kappa shape index (κ3) is 7.28. The van der Waals surface area contributed by atoms with Crippen LogP contribution in [0.4, 0.5) is 28.4 Å². The van der Waals surface area contributed by atoms with Crippen LogP contribution in [0.5, 0.6) is 0 Å². The van der Waals surface area contributed by atoms with E-state index in [2.05, 4.69) is 120 Å². The van der Waals surface area contributed by atoms with Crippen molar-refractivity contribution in [3.63, 3.8) is 0 Å². The van der Waals surface area contributed by atoms with E-state index in [1.807, 2.05) is 54.8 Å². The van der Waals surface area contributed by atoms with E-state index in [0.717, 1.165) is 40.4 Å². The molecule has 0 fully saturated rings. The lowest BCUT2D eigenvalue weighted by Crippen LogP contribution is -2.29. The van der Waals surface area contributed by atoms with Crippen LogP contribution in [0.3, 0.4) is 0 Å². The molecule has 2 atom stereocenters. The summed E-state index contributed by atoms with van der Waals surface area (Å²) >= 11 is 0. The predicted molar refractivity (Wildman–Crippen MR) is 186 cm³/mol. The minimum absolute atomic E-state index is 0.266. The van der Waals surface area contributed by atoms with Gasteiger partial charge in [-0.2, -0.15) is 0 Å². The van der Waals surface area contributed by atoms with Crippen molar-refractivity contribution in [3.05, 3.63) is 176 Å². The Hall–Kier alpha value is -5.68. The van der Waals surface area contributed by atoms with E-state index in [4.69, 9.17) is 9.73 Å². The minimum atomic E-state index is -0.419. The number of aliphatic imine (C=N–C) groups is 1. The molecule has 0 aliphatic heterocycles. The molecule has 0 bridgehead atoms. The fourth-order valence-electron chi connectivity index (χ4n) is 5.50. The van der Waals surface area contributed by atoms with Gasteiger partial charge in [0.05, 0.1) is 11.7 Å². The van der Waals surface area contributed by atoms with Crippen molar-refractivity contribution in [1.82, 2.24) is 0 Å². The highest BCUT2D eigenvalue weighted by atomic mass is 16.5. The normalized spacial score (nSPS) is 17.1. The molecule has 222 valence electrons. The zero-order valence-electron chi connectivity index (χ0n) is 25.0. The zero-order valence-corrected chi connectivity index (χ0v) is 25.0. The highest BCUT2D eigenvalue weighted by Crippen LogP contribution is 2.34. The molecule has 5 heteroatoms. The van der Waals surface area contributed by atoms with Gasteiger partial charge in [-0.1, -0.05) is 85.5 Å². The smallest absolute Gasteiger partial charge is 0.330 e. The molecule has 45 heavy (non-hydrogen) atoms. The summed E-state index contributed by atoms with van der Waals surface area (Å²) < 4.78 is 5.39. The Kier molecular flexibility index (Phi) is 9.27. The molecular weight excluding hydrogens is 554 g/mol. The second-order valence-electron chi connectivity index (χ2n) is 10.8. The number of anilines is 4. The predicted octanol–water partition coefficient (Wildman–Crippen LogP) is 9.54. The maximum absolute atomic E-state index is 11.6. The zero-order chi connectivity index (χ0) is 30.8. The first-order chi connectivity index (χ1) is 22.2. The number of hydrogen-bond donors (Lipinski definition) is 0. The maximum atomic E-state index is 11.6. The van der Waals surface area contributed by atoms with Gasteiger partial charge in [0.2, 0.25) is 0 Å². The number of hydrogen-bond acceptors (Lipinski definition) is 5. The quantitative estimate of drug-likeness (QED) is 0.105. The molecule has 0 saturated heterocycles. The molecule has 2 aliphatic rings. The Labute approximate surface area is 265 Å². The third-order valence-corrected chi connectivity index (χ3v) is 7.71. The molecular formula is C40H35N3O2. The van der Waals surface area contributed by atoms with Crippen molar-refractivity contribution in [1.29, 1.82) is 0 Å². The monoisotopic (exact) mass is 589 g/mol. The van der Waals surface area contributed by atoms with E-state index in [1.54, 1.807) is 0 Å². The summed E-state index contributed by atoms with van der Waals surface area (Å²) in [6.45, 7) is 3.48. The Morgan fingerprint density at radius 3 is 2.02 bits per heavy atom. The first-order valence-electron chi connectivity index (χ1n) is 15.2. The van der Waals surface area contributed by atoms with Crippen molar-refractivity contribution >= 4 is 40.6 Å². The second-order valence-corrected chi connectivity index (χ2v) is 10.8. The lowest BCUT2D eigenvalue weighted by molar-refractivity contribution is -0.140. The maximum Gasteiger partial charge on any atom is 0.330 e. The lowest BCUT2D eigenvalue weighted by Gasteiger charge is -2.32. The van der Waals surface area contributed by atoms with Crippen molar-refractivity contribution in [3.8, 4) is 0 Å². The van der Waals surface area contributed by atoms with E-state index in [9.17, 15) is 4.79 Å². The third-order valence-electron chi connectivity index (χ3n) is 7.71. The summed E-state index contributed by atoms with van der Waals surface area (Å²) in [6, 6.07) is 37.8. The van der Waals surface area contributed by atoms with Gasteiger partial charge in [-0.05, 0) is 84.8 Å². The molecule has 2 unspecified atom stereocenters. The van der Waals surface area contributed by atoms with Crippen molar-refractivity contribution < 1.29 is 9.53 Å². The molecule has 0 spiro atoms. The lowest BCUT2D eigenvalue weighted by atomic mass is 10.0. The first kappa shape index (κ1) is 29.4. The van der Waals surface area contributed by atoms with Gasteiger partial charge in [0, 0.05) is 47.2 Å². The summed E-state index contributed by atoms with van der Waals surface area (Å²) in [5.41, 5.74) is 7.27. The molecule has 6 rings (SSSR count). The van der Waals surface area contributed by atoms with E-state index in [1.165, 1.54) is 11.8 Å². The largest absolute Gasteiger partial charge is 0.455 e. The van der Waals surface area contributed by atoms with Crippen LogP contribution in [-0.2, 0) is 9.53 Å². The summed E-state index contributed by atoms with van der Waals surface area (Å²) in [5, 5.41) is 0. The average Bonchev–Trinajstić information content (AvgIpc) is 3.11. The standard InChI is InChI=1S/C40H35N3O2/c1-2-40(44)45-39-28-26-38(27-29-39)43(35-16-10-5-11-17-35)37-24-20-32(21-25-37)41-30-31-18-22-36(23-19-31)42(33-12-6-3-7-13-33)34-14-8-4-9-15-34/h2-14,16-28,30,34,39H,1,15,29H2. The van der Waals surface area contributed by atoms with Gasteiger partial charge >= 0.3 is 5.97 Å². The number of esters is 1. The van der Waals surface area contributed by atoms with Crippen molar-refractivity contribution in [2.45, 2.75) is 25.0 Å². The number of allylic oxidation sites excluding steroid dienone is 3. The van der Waals surface area contributed by atoms with E-state index in [-0.39, 0.29) is 12.1 Å². The van der Waals surface area contributed by atoms with Crippen LogP contribution in [0.25, 0.3) is 0 Å². The molecule has 4 aromatic carbocycles. The highest BCUT2D eigenvalue weighted by Gasteiger charge is 2.20. The number of carbonyl (C=O) groups excluding carboxylic acids is 1. The number of carbonyl (C=O) groups is 1. The molecule has 0 amide bonds. The number of rotatable bonds is 10. The van der Waals surface area contributed by atoms with Gasteiger partial charge in [-0.25, -0.2) is 4.79 Å². The Morgan fingerprint density at radius 2 is 1.40 bits per heavy atom. The van der Waals surface area contributed by atoms with Crippen LogP contribution in [-0.4, -0.2) is 24.3 Å². The molecule has 0 radical (unpaired) electrons. The highest BCUT2D eigenvalue weighted by molar-refractivity contribution is 5.84. The van der Waals surface area contributed by atoms with E-state index in [0.29, 0.717) is 6.42 Å². The number of ether oxygens (including phenoxy) is 1. The van der Waals surface area contributed by atoms with Crippen molar-refractivity contribution in [2.75, 3.05) is 9.80 Å². The van der Waals surface area contributed by atoms with Crippen LogP contribution in [0.1, 0.15) is 18.4 Å². The Bertz CT molecular complexity index is 1750.